The molecule has 21 heavy (non-hydrogen) atoms. The van der Waals surface area contributed by atoms with Crippen LogP contribution in [0.5, 0.6) is 0 Å². The molecule has 1 saturated carbocycles. The molecular weight excluding hydrogens is 286 g/mol. The lowest BCUT2D eigenvalue weighted by Gasteiger charge is -2.11. The summed E-state index contributed by atoms with van der Waals surface area (Å²) in [7, 11) is 1.71. The van der Waals surface area contributed by atoms with E-state index in [0.29, 0.717) is 11.6 Å². The largest absolute Gasteiger partial charge is 0.385 e. The van der Waals surface area contributed by atoms with E-state index < -0.39 is 0 Å². The SMILES string of the molecule is CNc1cnn(-c2ccc(C3CCCC3)cc2)c(=O)c1Cl. The van der Waals surface area contributed by atoms with Gasteiger partial charge in [0.15, 0.2) is 0 Å². The minimum absolute atomic E-state index is 0.160. The number of nitrogens with zero attached hydrogens (tertiary/aromatic N) is 2. The summed E-state index contributed by atoms with van der Waals surface area (Å²) in [4.78, 5) is 12.2. The fourth-order valence-electron chi connectivity index (χ4n) is 2.94. The number of aromatic nitrogens is 2. The number of nitrogens with one attached hydrogen (secondary N) is 1. The molecular formula is C16H18ClN3O. The lowest BCUT2D eigenvalue weighted by Crippen LogP contribution is -2.22. The molecule has 1 aliphatic carbocycles. The lowest BCUT2D eigenvalue weighted by atomic mass is 9.98. The van der Waals surface area contributed by atoms with Crippen molar-refractivity contribution >= 4 is 17.3 Å². The summed E-state index contributed by atoms with van der Waals surface area (Å²) in [6, 6.07) is 8.08. The van der Waals surface area contributed by atoms with Crippen molar-refractivity contribution in [3.63, 3.8) is 0 Å². The van der Waals surface area contributed by atoms with E-state index in [9.17, 15) is 4.79 Å². The Morgan fingerprint density at radius 1 is 1.24 bits per heavy atom. The normalized spacial score (nSPS) is 15.3. The van der Waals surface area contributed by atoms with Crippen LogP contribution in [-0.2, 0) is 0 Å². The van der Waals surface area contributed by atoms with Gasteiger partial charge in [-0.15, -0.1) is 0 Å². The molecule has 0 saturated heterocycles. The van der Waals surface area contributed by atoms with Gasteiger partial charge < -0.3 is 5.32 Å². The van der Waals surface area contributed by atoms with E-state index in [1.165, 1.54) is 35.9 Å². The van der Waals surface area contributed by atoms with Gasteiger partial charge >= 0.3 is 0 Å². The number of benzene rings is 1. The van der Waals surface area contributed by atoms with Gasteiger partial charge in [-0.1, -0.05) is 36.6 Å². The highest BCUT2D eigenvalue weighted by atomic mass is 35.5. The van der Waals surface area contributed by atoms with Crippen molar-refractivity contribution in [3.05, 3.63) is 51.4 Å². The van der Waals surface area contributed by atoms with E-state index in [1.54, 1.807) is 13.2 Å². The Kier molecular flexibility index (Phi) is 3.97. The lowest BCUT2D eigenvalue weighted by molar-refractivity contribution is 0.721. The Bertz CT molecular complexity index is 688. The molecule has 0 atom stereocenters. The molecule has 110 valence electrons. The Morgan fingerprint density at radius 3 is 2.52 bits per heavy atom. The van der Waals surface area contributed by atoms with E-state index in [4.69, 9.17) is 11.6 Å². The zero-order chi connectivity index (χ0) is 14.8. The van der Waals surface area contributed by atoms with Gasteiger partial charge in [0, 0.05) is 7.05 Å². The van der Waals surface area contributed by atoms with Crippen molar-refractivity contribution in [2.75, 3.05) is 12.4 Å². The number of hydrogen-bond acceptors (Lipinski definition) is 3. The number of halogens is 1. The Balaban J connectivity index is 1.94. The van der Waals surface area contributed by atoms with Gasteiger partial charge in [0.2, 0.25) is 0 Å². The van der Waals surface area contributed by atoms with Gasteiger partial charge in [0.1, 0.15) is 5.02 Å². The molecule has 1 aromatic heterocycles. The van der Waals surface area contributed by atoms with Gasteiger partial charge in [-0.25, -0.2) is 0 Å². The minimum Gasteiger partial charge on any atom is -0.385 e. The van der Waals surface area contributed by atoms with Gasteiger partial charge in [-0.2, -0.15) is 9.78 Å². The summed E-state index contributed by atoms with van der Waals surface area (Å²) in [5, 5.41) is 7.18. The topological polar surface area (TPSA) is 46.9 Å². The van der Waals surface area contributed by atoms with Crippen LogP contribution in [0.2, 0.25) is 5.02 Å². The predicted molar refractivity (Wildman–Crippen MR) is 85.6 cm³/mol. The molecule has 4 nitrogen and oxygen atoms in total. The van der Waals surface area contributed by atoms with Crippen molar-refractivity contribution in [1.82, 2.24) is 9.78 Å². The maximum atomic E-state index is 12.2. The molecule has 1 heterocycles. The minimum atomic E-state index is -0.308. The quantitative estimate of drug-likeness (QED) is 0.942. The Labute approximate surface area is 128 Å². The van der Waals surface area contributed by atoms with E-state index >= 15 is 0 Å². The highest BCUT2D eigenvalue weighted by Gasteiger charge is 2.17. The van der Waals surface area contributed by atoms with Crippen LogP contribution in [0.25, 0.3) is 5.69 Å². The first-order valence-electron chi connectivity index (χ1n) is 7.26. The van der Waals surface area contributed by atoms with Crippen molar-refractivity contribution < 1.29 is 0 Å². The molecule has 1 N–H and O–H groups in total. The van der Waals surface area contributed by atoms with Gasteiger partial charge in [-0.3, -0.25) is 4.79 Å². The van der Waals surface area contributed by atoms with Gasteiger partial charge in [0.25, 0.3) is 5.56 Å². The molecule has 5 heteroatoms. The fraction of sp³-hybridized carbons (Fsp3) is 0.375. The van der Waals surface area contributed by atoms with Crippen LogP contribution < -0.4 is 10.9 Å². The molecule has 1 aromatic carbocycles. The molecule has 0 aliphatic heterocycles. The molecule has 3 rings (SSSR count). The zero-order valence-electron chi connectivity index (χ0n) is 12.0. The van der Waals surface area contributed by atoms with E-state index in [0.717, 1.165) is 5.69 Å². The first-order valence-corrected chi connectivity index (χ1v) is 7.64. The second-order valence-corrected chi connectivity index (χ2v) is 5.79. The monoisotopic (exact) mass is 303 g/mol. The highest BCUT2D eigenvalue weighted by molar-refractivity contribution is 6.32. The van der Waals surface area contributed by atoms with Crippen LogP contribution in [0.1, 0.15) is 37.2 Å². The second kappa shape index (κ2) is 5.90. The molecule has 0 spiro atoms. The average molecular weight is 304 g/mol. The first-order chi connectivity index (χ1) is 10.2. The summed E-state index contributed by atoms with van der Waals surface area (Å²) in [6.07, 6.45) is 6.72. The van der Waals surface area contributed by atoms with Crippen molar-refractivity contribution in [3.8, 4) is 5.69 Å². The van der Waals surface area contributed by atoms with Gasteiger partial charge in [0.05, 0.1) is 17.6 Å². The highest BCUT2D eigenvalue weighted by Crippen LogP contribution is 2.34. The fourth-order valence-corrected chi connectivity index (χ4v) is 3.16. The maximum absolute atomic E-state index is 12.2. The molecule has 0 radical (unpaired) electrons. The van der Waals surface area contributed by atoms with Crippen molar-refractivity contribution in [2.24, 2.45) is 0 Å². The van der Waals surface area contributed by atoms with E-state index in [1.807, 2.05) is 12.1 Å². The van der Waals surface area contributed by atoms with Crippen LogP contribution in [0, 0.1) is 0 Å². The predicted octanol–water partition coefficient (Wildman–Crippen LogP) is 3.59. The second-order valence-electron chi connectivity index (χ2n) is 5.41. The smallest absolute Gasteiger partial charge is 0.292 e. The van der Waals surface area contributed by atoms with Crippen LogP contribution in [0.3, 0.4) is 0 Å². The van der Waals surface area contributed by atoms with Crippen molar-refractivity contribution in [2.45, 2.75) is 31.6 Å². The van der Waals surface area contributed by atoms with Crippen LogP contribution in [-0.4, -0.2) is 16.8 Å². The summed E-state index contributed by atoms with van der Waals surface area (Å²) >= 11 is 6.05. The summed E-state index contributed by atoms with van der Waals surface area (Å²) in [5.41, 5.74) is 2.33. The summed E-state index contributed by atoms with van der Waals surface area (Å²) in [5.74, 6) is 0.666. The molecule has 0 bridgehead atoms. The molecule has 1 aliphatic rings. The van der Waals surface area contributed by atoms with E-state index in [2.05, 4.69) is 22.5 Å². The molecule has 1 fully saturated rings. The van der Waals surface area contributed by atoms with Crippen LogP contribution in [0.15, 0.2) is 35.3 Å². The van der Waals surface area contributed by atoms with Crippen molar-refractivity contribution in [1.29, 1.82) is 0 Å². The number of hydrogen-bond donors (Lipinski definition) is 1. The van der Waals surface area contributed by atoms with Crippen LogP contribution in [0.4, 0.5) is 5.69 Å². The van der Waals surface area contributed by atoms with E-state index in [-0.39, 0.29) is 10.6 Å². The third-order valence-corrected chi connectivity index (χ3v) is 4.52. The maximum Gasteiger partial charge on any atom is 0.292 e. The average Bonchev–Trinajstić information content (AvgIpc) is 3.05. The third kappa shape index (κ3) is 2.68. The number of anilines is 1. The number of rotatable bonds is 3. The molecule has 2 aromatic rings. The first kappa shape index (κ1) is 14.1. The summed E-state index contributed by atoms with van der Waals surface area (Å²) in [6.45, 7) is 0. The third-order valence-electron chi connectivity index (χ3n) is 4.15. The Morgan fingerprint density at radius 2 is 1.90 bits per heavy atom. The zero-order valence-corrected chi connectivity index (χ0v) is 12.7. The summed E-state index contributed by atoms with van der Waals surface area (Å²) < 4.78 is 1.33. The van der Waals surface area contributed by atoms with Crippen LogP contribution >= 0.6 is 11.6 Å². The standard InChI is InChI=1S/C16H18ClN3O/c1-18-14-10-19-20(16(21)15(14)17)13-8-6-12(7-9-13)11-4-2-3-5-11/h6-11,18H,2-5H2,1H3. The molecule has 0 unspecified atom stereocenters. The van der Waals surface area contributed by atoms with Gasteiger partial charge in [-0.05, 0) is 36.5 Å². The Hall–Kier alpha value is -1.81. The molecule has 0 amide bonds.